The number of nitrogens with one attached hydrogen (secondary N) is 1. The maximum Gasteiger partial charge on any atom is 0.251 e. The van der Waals surface area contributed by atoms with Gasteiger partial charge < -0.3 is 11.1 Å². The highest BCUT2D eigenvalue weighted by Crippen LogP contribution is 2.15. The van der Waals surface area contributed by atoms with E-state index < -0.39 is 0 Å². The van der Waals surface area contributed by atoms with Crippen molar-refractivity contribution < 1.29 is 4.79 Å². The average Bonchev–Trinajstić information content (AvgIpc) is 2.25. The van der Waals surface area contributed by atoms with E-state index in [2.05, 4.69) is 5.32 Å². The fourth-order valence-electron chi connectivity index (χ4n) is 1.47. The van der Waals surface area contributed by atoms with E-state index in [1.165, 1.54) is 0 Å². The van der Waals surface area contributed by atoms with Gasteiger partial charge in [0, 0.05) is 23.2 Å². The van der Waals surface area contributed by atoms with E-state index in [-0.39, 0.29) is 11.9 Å². The minimum Gasteiger partial charge on any atom is -0.348 e. The van der Waals surface area contributed by atoms with E-state index in [1.54, 1.807) is 18.2 Å². The molecule has 1 amide bonds. The van der Waals surface area contributed by atoms with Gasteiger partial charge >= 0.3 is 0 Å². The maximum atomic E-state index is 11.9. The van der Waals surface area contributed by atoms with E-state index in [1.807, 2.05) is 13.8 Å². The normalized spacial score (nSPS) is 12.2. The zero-order chi connectivity index (χ0) is 12.1. The lowest BCUT2D eigenvalue weighted by molar-refractivity contribution is 0.0936. The van der Waals surface area contributed by atoms with Crippen molar-refractivity contribution in [2.75, 3.05) is 6.54 Å². The van der Waals surface area contributed by atoms with E-state index >= 15 is 0 Å². The molecule has 3 nitrogen and oxygen atoms in total. The zero-order valence-electron chi connectivity index (χ0n) is 9.59. The first-order valence-corrected chi connectivity index (χ1v) is 5.73. The summed E-state index contributed by atoms with van der Waals surface area (Å²) >= 11 is 5.83. The summed E-state index contributed by atoms with van der Waals surface area (Å²) in [5, 5.41) is 3.52. The third kappa shape index (κ3) is 3.22. The van der Waals surface area contributed by atoms with Gasteiger partial charge in [-0.05, 0) is 37.1 Å². The third-order valence-electron chi connectivity index (χ3n) is 2.55. The van der Waals surface area contributed by atoms with E-state index in [0.717, 1.165) is 12.0 Å². The molecule has 0 saturated heterocycles. The first kappa shape index (κ1) is 13.0. The van der Waals surface area contributed by atoms with Crippen molar-refractivity contribution in [1.82, 2.24) is 5.32 Å². The Morgan fingerprint density at radius 3 is 2.75 bits per heavy atom. The van der Waals surface area contributed by atoms with E-state index in [4.69, 9.17) is 17.3 Å². The predicted octanol–water partition coefficient (Wildman–Crippen LogP) is 2.12. The van der Waals surface area contributed by atoms with Crippen molar-refractivity contribution in [2.45, 2.75) is 26.3 Å². The fourth-order valence-corrected chi connectivity index (χ4v) is 1.70. The lowest BCUT2D eigenvalue weighted by atomic mass is 10.1. The van der Waals surface area contributed by atoms with Crippen molar-refractivity contribution >= 4 is 17.5 Å². The Hall–Kier alpha value is -1.06. The Kier molecular flexibility index (Phi) is 4.77. The number of benzene rings is 1. The molecule has 0 spiro atoms. The van der Waals surface area contributed by atoms with Gasteiger partial charge in [0.05, 0.1) is 0 Å². The average molecular weight is 241 g/mol. The highest BCUT2D eigenvalue weighted by Gasteiger charge is 2.12. The number of carbonyl (C=O) groups is 1. The highest BCUT2D eigenvalue weighted by molar-refractivity contribution is 6.30. The van der Waals surface area contributed by atoms with Gasteiger partial charge in [-0.25, -0.2) is 0 Å². The van der Waals surface area contributed by atoms with Crippen LogP contribution in [0.25, 0.3) is 0 Å². The predicted molar refractivity (Wildman–Crippen MR) is 66.8 cm³/mol. The first-order valence-electron chi connectivity index (χ1n) is 5.35. The fraction of sp³-hybridized carbons (Fsp3) is 0.417. The summed E-state index contributed by atoms with van der Waals surface area (Å²) < 4.78 is 0. The van der Waals surface area contributed by atoms with Gasteiger partial charge in [-0.1, -0.05) is 18.5 Å². The Morgan fingerprint density at radius 1 is 1.56 bits per heavy atom. The molecule has 1 atom stereocenters. The Balaban J connectivity index is 2.80. The number of hydrogen-bond donors (Lipinski definition) is 2. The summed E-state index contributed by atoms with van der Waals surface area (Å²) in [6.45, 7) is 4.31. The van der Waals surface area contributed by atoms with Crippen molar-refractivity contribution in [3.05, 3.63) is 34.3 Å². The summed E-state index contributed by atoms with van der Waals surface area (Å²) in [5.41, 5.74) is 7.06. The molecule has 88 valence electrons. The SMILES string of the molecule is CCC(CN)NC(=O)c1ccc(Cl)cc1C. The maximum absolute atomic E-state index is 11.9. The van der Waals surface area contributed by atoms with Gasteiger partial charge in [-0.2, -0.15) is 0 Å². The Labute approximate surface area is 101 Å². The van der Waals surface area contributed by atoms with Gasteiger partial charge in [0.2, 0.25) is 0 Å². The molecule has 0 heterocycles. The molecule has 0 aliphatic carbocycles. The van der Waals surface area contributed by atoms with E-state index in [0.29, 0.717) is 17.1 Å². The number of nitrogens with two attached hydrogens (primary N) is 1. The second kappa shape index (κ2) is 5.87. The minimum absolute atomic E-state index is 0.0302. The van der Waals surface area contributed by atoms with Crippen LogP contribution < -0.4 is 11.1 Å². The van der Waals surface area contributed by atoms with Crippen LogP contribution in [-0.2, 0) is 0 Å². The van der Waals surface area contributed by atoms with Crippen LogP contribution in [-0.4, -0.2) is 18.5 Å². The summed E-state index contributed by atoms with van der Waals surface area (Å²) in [6.07, 6.45) is 0.828. The summed E-state index contributed by atoms with van der Waals surface area (Å²) in [5.74, 6) is -0.0912. The van der Waals surface area contributed by atoms with Crippen LogP contribution in [0.5, 0.6) is 0 Å². The molecule has 0 bridgehead atoms. The number of carbonyl (C=O) groups excluding carboxylic acids is 1. The summed E-state index contributed by atoms with van der Waals surface area (Å²) in [7, 11) is 0. The molecule has 1 unspecified atom stereocenters. The Bertz CT molecular complexity index is 375. The largest absolute Gasteiger partial charge is 0.348 e. The quantitative estimate of drug-likeness (QED) is 0.847. The molecule has 3 N–H and O–H groups in total. The van der Waals surface area contributed by atoms with E-state index in [9.17, 15) is 4.79 Å². The van der Waals surface area contributed by atoms with Crippen LogP contribution >= 0.6 is 11.6 Å². The monoisotopic (exact) mass is 240 g/mol. The van der Waals surface area contributed by atoms with Gasteiger partial charge in [-0.3, -0.25) is 4.79 Å². The lowest BCUT2D eigenvalue weighted by Crippen LogP contribution is -2.39. The second-order valence-corrected chi connectivity index (χ2v) is 4.21. The highest BCUT2D eigenvalue weighted by atomic mass is 35.5. The molecule has 1 rings (SSSR count). The van der Waals surface area contributed by atoms with Gasteiger partial charge in [0.15, 0.2) is 0 Å². The second-order valence-electron chi connectivity index (χ2n) is 3.77. The summed E-state index contributed by atoms with van der Waals surface area (Å²) in [4.78, 5) is 11.9. The Morgan fingerprint density at radius 2 is 2.25 bits per heavy atom. The number of rotatable bonds is 4. The molecule has 0 aliphatic rings. The van der Waals surface area contributed by atoms with Gasteiger partial charge in [-0.15, -0.1) is 0 Å². The smallest absolute Gasteiger partial charge is 0.251 e. The molecular formula is C12H17ClN2O. The lowest BCUT2D eigenvalue weighted by Gasteiger charge is -2.15. The van der Waals surface area contributed by atoms with Crippen LogP contribution in [0.1, 0.15) is 29.3 Å². The topological polar surface area (TPSA) is 55.1 Å². The van der Waals surface area contributed by atoms with Crippen molar-refractivity contribution in [3.8, 4) is 0 Å². The third-order valence-corrected chi connectivity index (χ3v) is 2.78. The zero-order valence-corrected chi connectivity index (χ0v) is 10.3. The molecule has 0 radical (unpaired) electrons. The molecule has 1 aromatic rings. The van der Waals surface area contributed by atoms with Crippen molar-refractivity contribution in [3.63, 3.8) is 0 Å². The van der Waals surface area contributed by atoms with Crippen LogP contribution in [0.15, 0.2) is 18.2 Å². The van der Waals surface area contributed by atoms with Crippen LogP contribution in [0.2, 0.25) is 5.02 Å². The molecule has 16 heavy (non-hydrogen) atoms. The van der Waals surface area contributed by atoms with Crippen molar-refractivity contribution in [1.29, 1.82) is 0 Å². The summed E-state index contributed by atoms with van der Waals surface area (Å²) in [6, 6.07) is 5.26. The number of hydrogen-bond acceptors (Lipinski definition) is 2. The van der Waals surface area contributed by atoms with Crippen LogP contribution in [0.3, 0.4) is 0 Å². The first-order chi connectivity index (χ1) is 7.58. The minimum atomic E-state index is -0.0912. The molecular weight excluding hydrogens is 224 g/mol. The molecule has 0 saturated carbocycles. The van der Waals surface area contributed by atoms with Gasteiger partial charge in [0.1, 0.15) is 0 Å². The van der Waals surface area contributed by atoms with Crippen LogP contribution in [0.4, 0.5) is 0 Å². The standard InChI is InChI=1S/C12H17ClN2O/c1-3-10(7-14)15-12(16)11-5-4-9(13)6-8(11)2/h4-6,10H,3,7,14H2,1-2H3,(H,15,16). The molecule has 0 fully saturated rings. The molecule has 4 heteroatoms. The molecule has 1 aromatic carbocycles. The van der Waals surface area contributed by atoms with Gasteiger partial charge in [0.25, 0.3) is 5.91 Å². The number of halogens is 1. The molecule has 0 aliphatic heterocycles. The van der Waals surface area contributed by atoms with Crippen LogP contribution in [0, 0.1) is 6.92 Å². The number of aryl methyl sites for hydroxylation is 1. The number of amides is 1. The molecule has 0 aromatic heterocycles. The van der Waals surface area contributed by atoms with Crippen molar-refractivity contribution in [2.24, 2.45) is 5.73 Å².